The highest BCUT2D eigenvalue weighted by molar-refractivity contribution is 5.76. The molecule has 0 spiro atoms. The van der Waals surface area contributed by atoms with Crippen LogP contribution in [0.5, 0.6) is 0 Å². The number of hydrogen-bond acceptors (Lipinski definition) is 4. The zero-order valence-corrected chi connectivity index (χ0v) is 9.94. The first-order chi connectivity index (χ1) is 8.29. The summed E-state index contributed by atoms with van der Waals surface area (Å²) < 4.78 is 10.5. The molecule has 0 saturated carbocycles. The Morgan fingerprint density at radius 2 is 2.53 bits per heavy atom. The number of amides is 1. The summed E-state index contributed by atoms with van der Waals surface area (Å²) >= 11 is 0. The van der Waals surface area contributed by atoms with Gasteiger partial charge in [-0.3, -0.25) is 4.79 Å². The number of nitrogens with one attached hydrogen (secondary N) is 2. The van der Waals surface area contributed by atoms with Gasteiger partial charge in [0.15, 0.2) is 0 Å². The lowest BCUT2D eigenvalue weighted by atomic mass is 10.2. The van der Waals surface area contributed by atoms with Crippen LogP contribution in [-0.2, 0) is 16.0 Å². The predicted molar refractivity (Wildman–Crippen MR) is 62.6 cm³/mol. The monoisotopic (exact) mass is 238 g/mol. The molecule has 2 heterocycles. The van der Waals surface area contributed by atoms with Gasteiger partial charge in [-0.25, -0.2) is 0 Å². The summed E-state index contributed by atoms with van der Waals surface area (Å²) in [6, 6.07) is 3.78. The fourth-order valence-corrected chi connectivity index (χ4v) is 2.02. The Kier molecular flexibility index (Phi) is 4.17. The Bertz CT molecular complexity index is 351. The van der Waals surface area contributed by atoms with Crippen LogP contribution in [0.4, 0.5) is 0 Å². The van der Waals surface area contributed by atoms with Gasteiger partial charge in [0.1, 0.15) is 5.76 Å². The molecule has 2 atom stereocenters. The van der Waals surface area contributed by atoms with Crippen molar-refractivity contribution in [2.24, 2.45) is 0 Å². The van der Waals surface area contributed by atoms with E-state index in [2.05, 4.69) is 10.6 Å². The standard InChI is InChI=1S/C12H18N2O3/c1-16-11-8-13-7-10(11)14-12(15)5-4-9-3-2-6-17-9/h2-3,6,10-11,13H,4-5,7-8H2,1H3,(H,14,15)/t10?,11-/m1/s1. The van der Waals surface area contributed by atoms with Crippen LogP contribution in [-0.4, -0.2) is 38.3 Å². The maximum Gasteiger partial charge on any atom is 0.220 e. The summed E-state index contributed by atoms with van der Waals surface area (Å²) in [4.78, 5) is 11.7. The van der Waals surface area contributed by atoms with Crippen molar-refractivity contribution in [3.63, 3.8) is 0 Å². The molecule has 5 heteroatoms. The zero-order valence-electron chi connectivity index (χ0n) is 9.94. The number of rotatable bonds is 5. The van der Waals surface area contributed by atoms with Crippen LogP contribution >= 0.6 is 0 Å². The quantitative estimate of drug-likeness (QED) is 0.775. The summed E-state index contributed by atoms with van der Waals surface area (Å²) in [5.74, 6) is 0.880. The van der Waals surface area contributed by atoms with E-state index in [9.17, 15) is 4.79 Å². The number of methoxy groups -OCH3 is 1. The van der Waals surface area contributed by atoms with Gasteiger partial charge in [-0.05, 0) is 12.1 Å². The minimum atomic E-state index is 0.0390. The fraction of sp³-hybridized carbons (Fsp3) is 0.583. The van der Waals surface area contributed by atoms with Crippen LogP contribution in [0.2, 0.25) is 0 Å². The van der Waals surface area contributed by atoms with Gasteiger partial charge < -0.3 is 19.8 Å². The third-order valence-electron chi connectivity index (χ3n) is 2.99. The van der Waals surface area contributed by atoms with Crippen molar-refractivity contribution in [1.29, 1.82) is 0 Å². The van der Waals surface area contributed by atoms with Gasteiger partial charge in [-0.1, -0.05) is 0 Å². The lowest BCUT2D eigenvalue weighted by Gasteiger charge is -2.18. The third kappa shape index (κ3) is 3.31. The highest BCUT2D eigenvalue weighted by Crippen LogP contribution is 2.06. The maximum absolute atomic E-state index is 11.7. The number of hydrogen-bond donors (Lipinski definition) is 2. The molecule has 1 saturated heterocycles. The average Bonchev–Trinajstić information content (AvgIpc) is 2.97. The van der Waals surface area contributed by atoms with Crippen molar-refractivity contribution in [3.05, 3.63) is 24.2 Å². The second-order valence-electron chi connectivity index (χ2n) is 4.19. The predicted octanol–water partition coefficient (Wildman–Crippen LogP) is 0.315. The van der Waals surface area contributed by atoms with Gasteiger partial charge in [0.05, 0.1) is 18.4 Å². The minimum Gasteiger partial charge on any atom is -0.469 e. The molecular formula is C12H18N2O3. The van der Waals surface area contributed by atoms with Gasteiger partial charge in [0, 0.05) is 33.0 Å². The van der Waals surface area contributed by atoms with Crippen LogP contribution in [0.3, 0.4) is 0 Å². The number of furan rings is 1. The second kappa shape index (κ2) is 5.84. The maximum atomic E-state index is 11.7. The Labute approximate surface area is 101 Å². The van der Waals surface area contributed by atoms with E-state index in [1.807, 2.05) is 12.1 Å². The molecule has 0 aromatic carbocycles. The molecule has 2 N–H and O–H groups in total. The van der Waals surface area contributed by atoms with Crippen molar-refractivity contribution in [2.75, 3.05) is 20.2 Å². The van der Waals surface area contributed by atoms with E-state index >= 15 is 0 Å². The normalized spacial score (nSPS) is 23.8. The largest absolute Gasteiger partial charge is 0.469 e. The lowest BCUT2D eigenvalue weighted by molar-refractivity contribution is -0.122. The zero-order chi connectivity index (χ0) is 12.1. The van der Waals surface area contributed by atoms with E-state index in [-0.39, 0.29) is 18.1 Å². The Morgan fingerprint density at radius 3 is 3.24 bits per heavy atom. The molecule has 0 aliphatic carbocycles. The van der Waals surface area contributed by atoms with Crippen molar-refractivity contribution < 1.29 is 13.9 Å². The van der Waals surface area contributed by atoms with Gasteiger partial charge >= 0.3 is 0 Å². The summed E-state index contributed by atoms with van der Waals surface area (Å²) in [6.07, 6.45) is 2.77. The highest BCUT2D eigenvalue weighted by Gasteiger charge is 2.27. The van der Waals surface area contributed by atoms with Gasteiger partial charge in [-0.15, -0.1) is 0 Å². The molecule has 1 aromatic heterocycles. The number of aryl methyl sites for hydroxylation is 1. The Morgan fingerprint density at radius 1 is 1.65 bits per heavy atom. The molecule has 1 amide bonds. The second-order valence-corrected chi connectivity index (χ2v) is 4.19. The van der Waals surface area contributed by atoms with E-state index < -0.39 is 0 Å². The fourth-order valence-electron chi connectivity index (χ4n) is 2.02. The molecular weight excluding hydrogens is 220 g/mol. The first-order valence-electron chi connectivity index (χ1n) is 5.85. The molecule has 1 aliphatic heterocycles. The minimum absolute atomic E-state index is 0.0390. The highest BCUT2D eigenvalue weighted by atomic mass is 16.5. The van der Waals surface area contributed by atoms with Crippen molar-refractivity contribution in [3.8, 4) is 0 Å². The lowest BCUT2D eigenvalue weighted by Crippen LogP contribution is -2.43. The SMILES string of the molecule is CO[C@@H]1CNCC1NC(=O)CCc1ccco1. The average molecular weight is 238 g/mol. The van der Waals surface area contributed by atoms with Gasteiger partial charge in [0.25, 0.3) is 0 Å². The van der Waals surface area contributed by atoms with E-state index in [1.54, 1.807) is 13.4 Å². The molecule has 17 heavy (non-hydrogen) atoms. The molecule has 1 aromatic rings. The molecule has 1 fully saturated rings. The number of carbonyl (C=O) groups is 1. The first kappa shape index (κ1) is 12.1. The molecule has 0 radical (unpaired) electrons. The number of ether oxygens (including phenoxy) is 1. The van der Waals surface area contributed by atoms with Gasteiger partial charge in [0.2, 0.25) is 5.91 Å². The van der Waals surface area contributed by atoms with Crippen LogP contribution in [0, 0.1) is 0 Å². The van der Waals surface area contributed by atoms with Crippen molar-refractivity contribution in [1.82, 2.24) is 10.6 Å². The summed E-state index contributed by atoms with van der Waals surface area (Å²) in [5.41, 5.74) is 0. The molecule has 1 unspecified atom stereocenters. The van der Waals surface area contributed by atoms with E-state index in [0.29, 0.717) is 12.8 Å². The van der Waals surface area contributed by atoms with Crippen molar-refractivity contribution >= 4 is 5.91 Å². The van der Waals surface area contributed by atoms with Crippen LogP contribution in [0.15, 0.2) is 22.8 Å². The van der Waals surface area contributed by atoms with E-state index in [4.69, 9.17) is 9.15 Å². The third-order valence-corrected chi connectivity index (χ3v) is 2.99. The van der Waals surface area contributed by atoms with Gasteiger partial charge in [-0.2, -0.15) is 0 Å². The Balaban J connectivity index is 1.73. The Hall–Kier alpha value is -1.33. The molecule has 0 bridgehead atoms. The first-order valence-corrected chi connectivity index (χ1v) is 5.85. The molecule has 94 valence electrons. The summed E-state index contributed by atoms with van der Waals surface area (Å²) in [7, 11) is 1.67. The summed E-state index contributed by atoms with van der Waals surface area (Å²) in [5, 5.41) is 6.16. The van der Waals surface area contributed by atoms with E-state index in [0.717, 1.165) is 18.8 Å². The molecule has 5 nitrogen and oxygen atoms in total. The van der Waals surface area contributed by atoms with Crippen LogP contribution in [0.1, 0.15) is 12.2 Å². The molecule has 2 rings (SSSR count). The van der Waals surface area contributed by atoms with Crippen LogP contribution < -0.4 is 10.6 Å². The number of carbonyl (C=O) groups excluding carboxylic acids is 1. The van der Waals surface area contributed by atoms with Crippen LogP contribution in [0.25, 0.3) is 0 Å². The molecule has 1 aliphatic rings. The van der Waals surface area contributed by atoms with Crippen molar-refractivity contribution in [2.45, 2.75) is 25.0 Å². The van der Waals surface area contributed by atoms with E-state index in [1.165, 1.54) is 0 Å². The summed E-state index contributed by atoms with van der Waals surface area (Å²) in [6.45, 7) is 1.56. The topological polar surface area (TPSA) is 63.5 Å². The smallest absolute Gasteiger partial charge is 0.220 e.